The third kappa shape index (κ3) is 4.99. The number of aromatic nitrogens is 2. The van der Waals surface area contributed by atoms with E-state index in [-0.39, 0.29) is 18.1 Å². The Kier molecular flexibility index (Phi) is 6.22. The van der Waals surface area contributed by atoms with Crippen LogP contribution in [0.3, 0.4) is 0 Å². The molecule has 0 aliphatic carbocycles. The molecule has 0 aliphatic rings. The van der Waals surface area contributed by atoms with E-state index in [9.17, 15) is 9.59 Å². The van der Waals surface area contributed by atoms with Crippen molar-refractivity contribution in [2.24, 2.45) is 0 Å². The van der Waals surface area contributed by atoms with Gasteiger partial charge >= 0.3 is 0 Å². The quantitative estimate of drug-likeness (QED) is 0.434. The maximum atomic E-state index is 12.8. The van der Waals surface area contributed by atoms with Gasteiger partial charge in [-0.05, 0) is 30.7 Å². The van der Waals surface area contributed by atoms with Crippen LogP contribution in [0, 0.1) is 6.92 Å². The summed E-state index contributed by atoms with van der Waals surface area (Å²) in [5.41, 5.74) is 2.09. The fourth-order valence-electron chi connectivity index (χ4n) is 2.97. The molecule has 0 atom stereocenters. The van der Waals surface area contributed by atoms with Crippen LogP contribution in [0.5, 0.6) is 0 Å². The minimum Gasteiger partial charge on any atom is -0.465 e. The molecule has 0 radical (unpaired) electrons. The molecule has 2 aromatic carbocycles. The van der Waals surface area contributed by atoms with Gasteiger partial charge in [-0.3, -0.25) is 9.59 Å². The lowest BCUT2D eigenvalue weighted by molar-refractivity contribution is -0.118. The molecule has 2 N–H and O–H groups in total. The van der Waals surface area contributed by atoms with Crippen molar-refractivity contribution in [2.75, 3.05) is 0 Å². The average Bonchev–Trinajstić information content (AvgIpc) is 3.50. The number of hydrogen-bond acceptors (Lipinski definition) is 6. The highest BCUT2D eigenvalue weighted by atomic mass is 16.5. The van der Waals surface area contributed by atoms with Gasteiger partial charge in [-0.25, -0.2) is 0 Å². The van der Waals surface area contributed by atoms with Gasteiger partial charge in [0.2, 0.25) is 11.7 Å². The van der Waals surface area contributed by atoms with E-state index in [1.807, 2.05) is 49.4 Å². The Morgan fingerprint density at radius 3 is 2.53 bits per heavy atom. The number of carbonyl (C=O) groups is 2. The van der Waals surface area contributed by atoms with E-state index in [1.165, 1.54) is 12.3 Å². The van der Waals surface area contributed by atoms with Crippen LogP contribution in [-0.4, -0.2) is 22.0 Å². The van der Waals surface area contributed by atoms with Crippen LogP contribution >= 0.6 is 0 Å². The topological polar surface area (TPSA) is 110 Å². The van der Waals surface area contributed by atoms with Crippen LogP contribution in [0.2, 0.25) is 0 Å². The molecule has 0 saturated heterocycles. The van der Waals surface area contributed by atoms with Crippen LogP contribution < -0.4 is 10.6 Å². The SMILES string of the molecule is Cc1ccccc1C(=O)N/C(=C\c1ccco1)C(=O)NCc1nc(-c2ccccc2)no1. The molecule has 160 valence electrons. The van der Waals surface area contributed by atoms with Gasteiger partial charge in [-0.15, -0.1) is 0 Å². The molecule has 32 heavy (non-hydrogen) atoms. The number of hydrogen-bond donors (Lipinski definition) is 2. The number of nitrogens with one attached hydrogen (secondary N) is 2. The Labute approximate surface area is 184 Å². The van der Waals surface area contributed by atoms with E-state index < -0.39 is 11.8 Å². The van der Waals surface area contributed by atoms with E-state index in [1.54, 1.807) is 24.3 Å². The first kappa shape index (κ1) is 20.8. The number of benzene rings is 2. The molecule has 4 rings (SSSR count). The Bertz CT molecular complexity index is 1240. The molecular formula is C24H20N4O4. The van der Waals surface area contributed by atoms with Crippen LogP contribution in [0.15, 0.2) is 87.6 Å². The van der Waals surface area contributed by atoms with Crippen molar-refractivity contribution in [1.82, 2.24) is 20.8 Å². The molecule has 2 aromatic heterocycles. The zero-order valence-corrected chi connectivity index (χ0v) is 17.2. The summed E-state index contributed by atoms with van der Waals surface area (Å²) in [5, 5.41) is 9.28. The van der Waals surface area contributed by atoms with Crippen molar-refractivity contribution in [2.45, 2.75) is 13.5 Å². The summed E-state index contributed by atoms with van der Waals surface area (Å²) in [6, 6.07) is 19.8. The highest BCUT2D eigenvalue weighted by Gasteiger charge is 2.17. The summed E-state index contributed by atoms with van der Waals surface area (Å²) in [7, 11) is 0. The Morgan fingerprint density at radius 2 is 1.78 bits per heavy atom. The van der Waals surface area contributed by atoms with Crippen LogP contribution in [0.1, 0.15) is 27.6 Å². The molecule has 0 saturated carbocycles. The van der Waals surface area contributed by atoms with Crippen molar-refractivity contribution in [1.29, 1.82) is 0 Å². The van der Waals surface area contributed by atoms with Crippen molar-refractivity contribution in [3.8, 4) is 11.4 Å². The lowest BCUT2D eigenvalue weighted by Gasteiger charge is -2.11. The molecule has 8 heteroatoms. The van der Waals surface area contributed by atoms with E-state index >= 15 is 0 Å². The van der Waals surface area contributed by atoms with Crippen LogP contribution in [0.25, 0.3) is 17.5 Å². The van der Waals surface area contributed by atoms with Gasteiger partial charge in [-0.2, -0.15) is 4.98 Å². The number of carbonyl (C=O) groups excluding carboxylic acids is 2. The van der Waals surface area contributed by atoms with Gasteiger partial charge in [0, 0.05) is 17.2 Å². The van der Waals surface area contributed by atoms with Gasteiger partial charge in [0.25, 0.3) is 11.8 Å². The van der Waals surface area contributed by atoms with Crippen molar-refractivity contribution >= 4 is 17.9 Å². The predicted molar refractivity (Wildman–Crippen MR) is 117 cm³/mol. The summed E-state index contributed by atoms with van der Waals surface area (Å²) < 4.78 is 10.5. The fraction of sp³-hybridized carbons (Fsp3) is 0.0833. The second kappa shape index (κ2) is 9.57. The maximum absolute atomic E-state index is 12.8. The third-order valence-corrected chi connectivity index (χ3v) is 4.61. The molecule has 8 nitrogen and oxygen atoms in total. The van der Waals surface area contributed by atoms with Gasteiger partial charge in [-0.1, -0.05) is 53.7 Å². The van der Waals surface area contributed by atoms with E-state index in [0.717, 1.165) is 11.1 Å². The second-order valence-corrected chi connectivity index (χ2v) is 6.90. The molecule has 0 fully saturated rings. The average molecular weight is 428 g/mol. The van der Waals surface area contributed by atoms with E-state index in [2.05, 4.69) is 20.8 Å². The Morgan fingerprint density at radius 1 is 1.00 bits per heavy atom. The first-order chi connectivity index (χ1) is 15.6. The van der Waals surface area contributed by atoms with Gasteiger partial charge in [0.1, 0.15) is 11.5 Å². The largest absolute Gasteiger partial charge is 0.465 e. The van der Waals surface area contributed by atoms with Crippen molar-refractivity contribution < 1.29 is 18.5 Å². The number of amides is 2. The second-order valence-electron chi connectivity index (χ2n) is 6.90. The normalized spacial score (nSPS) is 11.2. The van der Waals surface area contributed by atoms with E-state index in [0.29, 0.717) is 17.1 Å². The number of nitrogens with zero attached hydrogens (tertiary/aromatic N) is 2. The van der Waals surface area contributed by atoms with Crippen molar-refractivity contribution in [3.05, 3.63) is 101 Å². The smallest absolute Gasteiger partial charge is 0.268 e. The standard InChI is InChI=1S/C24H20N4O4/c1-16-8-5-6-12-19(16)23(29)26-20(14-18-11-7-13-31-18)24(30)25-15-21-27-22(28-32-21)17-9-3-2-4-10-17/h2-14H,15H2,1H3,(H,25,30)(H,26,29)/b20-14-. The number of furan rings is 1. The molecule has 0 unspecified atom stereocenters. The van der Waals surface area contributed by atoms with Crippen LogP contribution in [-0.2, 0) is 11.3 Å². The third-order valence-electron chi connectivity index (χ3n) is 4.61. The molecule has 2 amide bonds. The summed E-state index contributed by atoms with van der Waals surface area (Å²) in [4.78, 5) is 29.9. The molecule has 2 heterocycles. The van der Waals surface area contributed by atoms with Gasteiger partial charge in [0.05, 0.1) is 12.8 Å². The first-order valence-electron chi connectivity index (χ1n) is 9.88. The first-order valence-corrected chi connectivity index (χ1v) is 9.88. The highest BCUT2D eigenvalue weighted by Crippen LogP contribution is 2.15. The maximum Gasteiger partial charge on any atom is 0.268 e. The summed E-state index contributed by atoms with van der Waals surface area (Å²) >= 11 is 0. The zero-order valence-electron chi connectivity index (χ0n) is 17.2. The molecule has 0 aliphatic heterocycles. The number of aryl methyl sites for hydroxylation is 1. The Balaban J connectivity index is 1.48. The van der Waals surface area contributed by atoms with Gasteiger partial charge < -0.3 is 19.6 Å². The monoisotopic (exact) mass is 428 g/mol. The number of rotatable bonds is 7. The van der Waals surface area contributed by atoms with Crippen LogP contribution in [0.4, 0.5) is 0 Å². The molecular weight excluding hydrogens is 408 g/mol. The van der Waals surface area contributed by atoms with E-state index in [4.69, 9.17) is 8.94 Å². The fourth-order valence-corrected chi connectivity index (χ4v) is 2.97. The molecule has 4 aromatic rings. The minimum atomic E-state index is -0.525. The summed E-state index contributed by atoms with van der Waals surface area (Å²) in [5.74, 6) is 0.154. The minimum absolute atomic E-state index is 0.00556. The predicted octanol–water partition coefficient (Wildman–Crippen LogP) is 3.73. The lowest BCUT2D eigenvalue weighted by atomic mass is 10.1. The molecule has 0 bridgehead atoms. The molecule has 0 spiro atoms. The van der Waals surface area contributed by atoms with Crippen molar-refractivity contribution in [3.63, 3.8) is 0 Å². The lowest BCUT2D eigenvalue weighted by Crippen LogP contribution is -2.34. The zero-order chi connectivity index (χ0) is 22.3. The summed E-state index contributed by atoms with van der Waals surface area (Å²) in [6.45, 7) is 1.82. The van der Waals surface area contributed by atoms with Gasteiger partial charge in [0.15, 0.2) is 0 Å². The summed E-state index contributed by atoms with van der Waals surface area (Å²) in [6.07, 6.45) is 2.93. The highest BCUT2D eigenvalue weighted by molar-refractivity contribution is 6.05. The Hall–Kier alpha value is -4.46.